The fourth-order valence-electron chi connectivity index (χ4n) is 4.01. The van der Waals surface area contributed by atoms with Gasteiger partial charge in [0.05, 0.1) is 35.9 Å². The van der Waals surface area contributed by atoms with Crippen molar-refractivity contribution in [2.45, 2.75) is 39.7 Å². The number of para-hydroxylation sites is 2. The SMILES string of the molecule is CCCC1=C(C(=O)OCC)C(c2ccc(OCC)cc2)n2c(nc3ccccc32)N1. The third-order valence-corrected chi connectivity index (χ3v) is 5.22. The normalized spacial score (nSPS) is 15.6. The van der Waals surface area contributed by atoms with Gasteiger partial charge in [0, 0.05) is 5.70 Å². The minimum Gasteiger partial charge on any atom is -0.494 e. The Bertz CT molecular complexity index is 1080. The summed E-state index contributed by atoms with van der Waals surface area (Å²) in [6.45, 7) is 6.83. The molecule has 4 rings (SSSR count). The zero-order valence-electron chi connectivity index (χ0n) is 17.6. The summed E-state index contributed by atoms with van der Waals surface area (Å²) in [4.78, 5) is 17.9. The molecule has 0 aliphatic carbocycles. The number of esters is 1. The molecule has 0 spiro atoms. The number of carbonyl (C=O) groups is 1. The molecule has 1 atom stereocenters. The van der Waals surface area contributed by atoms with Crippen molar-refractivity contribution in [3.63, 3.8) is 0 Å². The van der Waals surface area contributed by atoms with E-state index < -0.39 is 0 Å². The molecule has 0 amide bonds. The Hall–Kier alpha value is -3.28. The van der Waals surface area contributed by atoms with Gasteiger partial charge in [-0.05, 0) is 50.1 Å². The predicted octanol–water partition coefficient (Wildman–Crippen LogP) is 5.07. The average molecular weight is 405 g/mol. The summed E-state index contributed by atoms with van der Waals surface area (Å²) in [5.74, 6) is 1.25. The van der Waals surface area contributed by atoms with Gasteiger partial charge in [-0.25, -0.2) is 9.78 Å². The minimum absolute atomic E-state index is 0.296. The summed E-state index contributed by atoms with van der Waals surface area (Å²) < 4.78 is 13.2. The first-order chi connectivity index (χ1) is 14.7. The molecule has 0 saturated carbocycles. The fourth-order valence-corrected chi connectivity index (χ4v) is 4.01. The largest absolute Gasteiger partial charge is 0.494 e. The standard InChI is InChI=1S/C24H27N3O3/c1-4-9-19-21(23(28)30-6-3)22(16-12-14-17(15-13-16)29-5-2)27-20-11-8-7-10-18(20)25-24(27)26-19/h7-8,10-15,22H,4-6,9H2,1-3H3,(H,25,26). The van der Waals surface area contributed by atoms with Crippen molar-refractivity contribution in [3.05, 3.63) is 65.4 Å². The lowest BCUT2D eigenvalue weighted by atomic mass is 9.93. The smallest absolute Gasteiger partial charge is 0.338 e. The Balaban J connectivity index is 1.93. The van der Waals surface area contributed by atoms with E-state index in [1.54, 1.807) is 0 Å². The molecule has 156 valence electrons. The van der Waals surface area contributed by atoms with Crippen LogP contribution in [0.5, 0.6) is 5.75 Å². The van der Waals surface area contributed by atoms with E-state index in [2.05, 4.69) is 16.8 Å². The van der Waals surface area contributed by atoms with Gasteiger partial charge in [-0.2, -0.15) is 0 Å². The van der Waals surface area contributed by atoms with Crippen molar-refractivity contribution in [1.82, 2.24) is 9.55 Å². The number of hydrogen-bond acceptors (Lipinski definition) is 5. The number of carbonyl (C=O) groups excluding carboxylic acids is 1. The van der Waals surface area contributed by atoms with Gasteiger partial charge >= 0.3 is 5.97 Å². The lowest BCUT2D eigenvalue weighted by Gasteiger charge is -2.31. The van der Waals surface area contributed by atoms with Gasteiger partial charge in [-0.3, -0.25) is 4.57 Å². The Morgan fingerprint density at radius 3 is 2.53 bits per heavy atom. The average Bonchev–Trinajstić information content (AvgIpc) is 3.12. The first-order valence-electron chi connectivity index (χ1n) is 10.5. The molecule has 0 fully saturated rings. The van der Waals surface area contributed by atoms with E-state index in [-0.39, 0.29) is 12.0 Å². The van der Waals surface area contributed by atoms with Crippen LogP contribution in [0, 0.1) is 0 Å². The molecule has 1 unspecified atom stereocenters. The minimum atomic E-state index is -0.329. The molecule has 1 aliphatic heterocycles. The highest BCUT2D eigenvalue weighted by Crippen LogP contribution is 2.40. The Labute approximate surface area is 176 Å². The first-order valence-corrected chi connectivity index (χ1v) is 10.5. The van der Waals surface area contributed by atoms with E-state index in [0.717, 1.165) is 46.8 Å². The zero-order chi connectivity index (χ0) is 21.1. The van der Waals surface area contributed by atoms with E-state index in [4.69, 9.17) is 14.5 Å². The topological polar surface area (TPSA) is 65.4 Å². The summed E-state index contributed by atoms with van der Waals surface area (Å²) in [6, 6.07) is 15.6. The van der Waals surface area contributed by atoms with Crippen LogP contribution in [-0.2, 0) is 9.53 Å². The number of anilines is 1. The number of benzene rings is 2. The summed E-state index contributed by atoms with van der Waals surface area (Å²) in [6.07, 6.45) is 1.65. The highest BCUT2D eigenvalue weighted by Gasteiger charge is 2.35. The maximum Gasteiger partial charge on any atom is 0.338 e. The highest BCUT2D eigenvalue weighted by atomic mass is 16.5. The Morgan fingerprint density at radius 1 is 1.07 bits per heavy atom. The predicted molar refractivity (Wildman–Crippen MR) is 118 cm³/mol. The van der Waals surface area contributed by atoms with Crippen molar-refractivity contribution in [1.29, 1.82) is 0 Å². The monoisotopic (exact) mass is 405 g/mol. The lowest BCUT2D eigenvalue weighted by Crippen LogP contribution is -2.29. The van der Waals surface area contributed by atoms with Gasteiger partial charge in [0.2, 0.25) is 5.95 Å². The number of nitrogens with zero attached hydrogens (tertiary/aromatic N) is 2. The van der Waals surface area contributed by atoms with Crippen LogP contribution >= 0.6 is 0 Å². The molecular weight excluding hydrogens is 378 g/mol. The van der Waals surface area contributed by atoms with Crippen LogP contribution in [0.3, 0.4) is 0 Å². The number of fused-ring (bicyclic) bond motifs is 3. The molecule has 0 bridgehead atoms. The second-order valence-electron chi connectivity index (χ2n) is 7.19. The van der Waals surface area contributed by atoms with Gasteiger partial charge in [0.25, 0.3) is 0 Å². The molecule has 6 nitrogen and oxygen atoms in total. The van der Waals surface area contributed by atoms with Crippen molar-refractivity contribution < 1.29 is 14.3 Å². The Morgan fingerprint density at radius 2 is 1.83 bits per heavy atom. The van der Waals surface area contributed by atoms with Gasteiger partial charge in [-0.1, -0.05) is 37.6 Å². The van der Waals surface area contributed by atoms with E-state index >= 15 is 0 Å². The lowest BCUT2D eigenvalue weighted by molar-refractivity contribution is -0.139. The maximum atomic E-state index is 13.1. The van der Waals surface area contributed by atoms with Gasteiger partial charge < -0.3 is 14.8 Å². The van der Waals surface area contributed by atoms with Crippen LogP contribution < -0.4 is 10.1 Å². The summed E-state index contributed by atoms with van der Waals surface area (Å²) >= 11 is 0. The van der Waals surface area contributed by atoms with Crippen molar-refractivity contribution in [2.24, 2.45) is 0 Å². The maximum absolute atomic E-state index is 13.1. The van der Waals surface area contributed by atoms with Crippen LogP contribution in [-0.4, -0.2) is 28.7 Å². The van der Waals surface area contributed by atoms with Crippen LogP contribution in [0.25, 0.3) is 11.0 Å². The third kappa shape index (κ3) is 3.54. The van der Waals surface area contributed by atoms with E-state index in [9.17, 15) is 4.79 Å². The van der Waals surface area contributed by atoms with E-state index in [1.165, 1.54) is 0 Å². The molecule has 1 aromatic heterocycles. The number of allylic oxidation sites excluding steroid dienone is 1. The molecule has 3 aromatic rings. The second-order valence-corrected chi connectivity index (χ2v) is 7.19. The zero-order valence-corrected chi connectivity index (χ0v) is 17.6. The first kappa shape index (κ1) is 20.0. The quantitative estimate of drug-likeness (QED) is 0.556. The molecule has 1 N–H and O–H groups in total. The van der Waals surface area contributed by atoms with Crippen molar-refractivity contribution >= 4 is 23.0 Å². The summed E-state index contributed by atoms with van der Waals surface area (Å²) in [5, 5.41) is 3.41. The molecule has 2 aromatic carbocycles. The number of aromatic nitrogens is 2. The number of imidazole rings is 1. The van der Waals surface area contributed by atoms with Crippen molar-refractivity contribution in [2.75, 3.05) is 18.5 Å². The van der Waals surface area contributed by atoms with E-state index in [1.807, 2.05) is 62.4 Å². The van der Waals surface area contributed by atoms with Gasteiger partial charge in [0.15, 0.2) is 0 Å². The van der Waals surface area contributed by atoms with Crippen LogP contribution in [0.4, 0.5) is 5.95 Å². The molecule has 2 heterocycles. The molecule has 6 heteroatoms. The molecule has 30 heavy (non-hydrogen) atoms. The van der Waals surface area contributed by atoms with E-state index in [0.29, 0.717) is 18.8 Å². The molecule has 0 saturated heterocycles. The fraction of sp³-hybridized carbons (Fsp3) is 0.333. The van der Waals surface area contributed by atoms with Crippen LogP contribution in [0.1, 0.15) is 45.2 Å². The number of nitrogens with one attached hydrogen (secondary N) is 1. The van der Waals surface area contributed by atoms with Gasteiger partial charge in [0.1, 0.15) is 5.75 Å². The summed E-state index contributed by atoms with van der Waals surface area (Å²) in [5.41, 5.74) is 4.35. The third-order valence-electron chi connectivity index (χ3n) is 5.22. The van der Waals surface area contributed by atoms with Crippen LogP contribution in [0.2, 0.25) is 0 Å². The Kier molecular flexibility index (Phi) is 5.74. The number of ether oxygens (including phenoxy) is 2. The number of rotatable bonds is 7. The van der Waals surface area contributed by atoms with Crippen molar-refractivity contribution in [3.8, 4) is 5.75 Å². The summed E-state index contributed by atoms with van der Waals surface area (Å²) in [7, 11) is 0. The second kappa shape index (κ2) is 8.61. The highest BCUT2D eigenvalue weighted by molar-refractivity contribution is 5.94. The van der Waals surface area contributed by atoms with Gasteiger partial charge in [-0.15, -0.1) is 0 Å². The molecular formula is C24H27N3O3. The molecule has 0 radical (unpaired) electrons. The molecule has 1 aliphatic rings. The number of hydrogen-bond donors (Lipinski definition) is 1. The van der Waals surface area contributed by atoms with Crippen LogP contribution in [0.15, 0.2) is 59.8 Å².